The van der Waals surface area contributed by atoms with E-state index in [4.69, 9.17) is 9.47 Å². The number of sulfone groups is 1. The molecule has 1 aromatic carbocycles. The number of aliphatic imine (C=N–C) groups is 1. The van der Waals surface area contributed by atoms with Crippen LogP contribution in [-0.2, 0) is 16.3 Å². The lowest BCUT2D eigenvalue weighted by Crippen LogP contribution is -2.42. The maximum atomic E-state index is 12.1. The van der Waals surface area contributed by atoms with Crippen molar-refractivity contribution in [2.75, 3.05) is 32.7 Å². The fourth-order valence-electron chi connectivity index (χ4n) is 2.25. The van der Waals surface area contributed by atoms with Gasteiger partial charge < -0.3 is 20.1 Å². The van der Waals surface area contributed by atoms with Crippen molar-refractivity contribution in [2.24, 2.45) is 4.99 Å². The predicted octanol–water partition coefficient (Wildman–Crippen LogP) is 1.34. The van der Waals surface area contributed by atoms with Gasteiger partial charge in [-0.15, -0.1) is 0 Å². The number of hydrogen-bond donors (Lipinski definition) is 2. The van der Waals surface area contributed by atoms with Crippen LogP contribution in [0.2, 0.25) is 0 Å². The van der Waals surface area contributed by atoms with Crippen LogP contribution in [0.3, 0.4) is 0 Å². The normalized spacial score (nSPS) is 14.5. The summed E-state index contributed by atoms with van der Waals surface area (Å²) >= 11 is 0. The highest BCUT2D eigenvalue weighted by atomic mass is 32.2. The number of nitrogens with one attached hydrogen (secondary N) is 2. The van der Waals surface area contributed by atoms with Crippen LogP contribution >= 0.6 is 0 Å². The molecular formula is C17H27N3O4S. The Hall–Kier alpha value is -1.96. The summed E-state index contributed by atoms with van der Waals surface area (Å²) in [6.07, 6.45) is 0.789. The number of ether oxygens (including phenoxy) is 2. The summed E-state index contributed by atoms with van der Waals surface area (Å²) in [4.78, 5) is 4.11. The number of rotatable bonds is 6. The molecule has 0 atom stereocenters. The van der Waals surface area contributed by atoms with Gasteiger partial charge in [0.25, 0.3) is 0 Å². The molecule has 0 unspecified atom stereocenters. The number of nitrogens with zero attached hydrogens (tertiary/aromatic N) is 1. The summed E-state index contributed by atoms with van der Waals surface area (Å²) in [5.74, 6) is 2.20. The Morgan fingerprint density at radius 1 is 1.16 bits per heavy atom. The Morgan fingerprint density at radius 2 is 1.84 bits per heavy atom. The third-order valence-corrected chi connectivity index (χ3v) is 6.57. The van der Waals surface area contributed by atoms with E-state index in [0.29, 0.717) is 19.0 Å². The molecule has 25 heavy (non-hydrogen) atoms. The van der Waals surface area contributed by atoms with Crippen molar-refractivity contribution >= 4 is 15.8 Å². The van der Waals surface area contributed by atoms with Gasteiger partial charge in [0.15, 0.2) is 27.3 Å². The van der Waals surface area contributed by atoms with Crippen LogP contribution in [0.1, 0.15) is 26.3 Å². The van der Waals surface area contributed by atoms with E-state index < -0.39 is 14.6 Å². The quantitative estimate of drug-likeness (QED) is 0.581. The first-order valence-electron chi connectivity index (χ1n) is 8.28. The van der Waals surface area contributed by atoms with Crippen LogP contribution < -0.4 is 20.1 Å². The van der Waals surface area contributed by atoms with Crippen LogP contribution in [0.15, 0.2) is 23.2 Å². The SMILES string of the molecule is CN=C(NCCc1ccc2c(c1)OCO2)NCCS(=O)(=O)C(C)(C)C. The Bertz CT molecular complexity index is 724. The standard InChI is InChI=1S/C17H27N3O4S/c1-17(2,3)25(21,22)10-9-20-16(18-4)19-8-7-13-5-6-14-15(11-13)24-12-23-14/h5-6,11H,7-10,12H2,1-4H3,(H2,18,19,20). The van der Waals surface area contributed by atoms with Crippen molar-refractivity contribution in [3.63, 3.8) is 0 Å². The number of guanidine groups is 1. The van der Waals surface area contributed by atoms with Crippen LogP contribution in [0, 0.1) is 0 Å². The first-order chi connectivity index (χ1) is 11.7. The zero-order chi connectivity index (χ0) is 18.5. The molecule has 1 aliphatic heterocycles. The third kappa shape index (κ3) is 5.26. The molecule has 0 bridgehead atoms. The first kappa shape index (κ1) is 19.4. The van der Waals surface area contributed by atoms with Gasteiger partial charge in [-0.1, -0.05) is 6.07 Å². The summed E-state index contributed by atoms with van der Waals surface area (Å²) < 4.78 is 34.1. The van der Waals surface area contributed by atoms with E-state index in [-0.39, 0.29) is 12.5 Å². The zero-order valence-corrected chi connectivity index (χ0v) is 16.1. The smallest absolute Gasteiger partial charge is 0.231 e. The molecule has 0 radical (unpaired) electrons. The molecule has 0 aliphatic carbocycles. The molecule has 0 saturated heterocycles. The highest BCUT2D eigenvalue weighted by Crippen LogP contribution is 2.32. The van der Waals surface area contributed by atoms with Gasteiger partial charge in [-0.05, 0) is 44.9 Å². The second-order valence-corrected chi connectivity index (χ2v) is 9.66. The molecular weight excluding hydrogens is 342 g/mol. The Morgan fingerprint density at radius 3 is 2.52 bits per heavy atom. The Kier molecular flexibility index (Phi) is 6.16. The van der Waals surface area contributed by atoms with Gasteiger partial charge >= 0.3 is 0 Å². The van der Waals surface area contributed by atoms with E-state index in [0.717, 1.165) is 23.5 Å². The topological polar surface area (TPSA) is 89.0 Å². The van der Waals surface area contributed by atoms with Crippen molar-refractivity contribution in [1.82, 2.24) is 10.6 Å². The maximum absolute atomic E-state index is 12.1. The van der Waals surface area contributed by atoms with Crippen LogP contribution in [0.5, 0.6) is 11.5 Å². The average molecular weight is 369 g/mol. The molecule has 2 rings (SSSR count). The molecule has 0 fully saturated rings. The van der Waals surface area contributed by atoms with Crippen LogP contribution in [0.4, 0.5) is 0 Å². The Balaban J connectivity index is 1.75. The summed E-state index contributed by atoms with van der Waals surface area (Å²) in [6, 6.07) is 5.87. The summed E-state index contributed by atoms with van der Waals surface area (Å²) in [5.41, 5.74) is 1.13. The highest BCUT2D eigenvalue weighted by molar-refractivity contribution is 7.92. The van der Waals surface area contributed by atoms with Crippen molar-refractivity contribution in [2.45, 2.75) is 31.9 Å². The van der Waals surface area contributed by atoms with Crippen LogP contribution in [0.25, 0.3) is 0 Å². The molecule has 0 amide bonds. The molecule has 0 saturated carbocycles. The summed E-state index contributed by atoms with van der Waals surface area (Å²) in [5, 5.41) is 6.22. The molecule has 0 spiro atoms. The fraction of sp³-hybridized carbons (Fsp3) is 0.588. The second-order valence-electron chi connectivity index (χ2n) is 6.79. The van der Waals surface area contributed by atoms with Gasteiger partial charge in [0.2, 0.25) is 6.79 Å². The van der Waals surface area contributed by atoms with Crippen molar-refractivity contribution < 1.29 is 17.9 Å². The largest absolute Gasteiger partial charge is 0.454 e. The van der Waals surface area contributed by atoms with E-state index in [2.05, 4.69) is 15.6 Å². The monoisotopic (exact) mass is 369 g/mol. The number of fused-ring (bicyclic) bond motifs is 1. The lowest BCUT2D eigenvalue weighted by Gasteiger charge is -2.19. The minimum absolute atomic E-state index is 0.0688. The molecule has 1 heterocycles. The highest BCUT2D eigenvalue weighted by Gasteiger charge is 2.28. The summed E-state index contributed by atoms with van der Waals surface area (Å²) in [6.45, 7) is 6.39. The molecule has 7 nitrogen and oxygen atoms in total. The van der Waals surface area contributed by atoms with Crippen molar-refractivity contribution in [3.8, 4) is 11.5 Å². The fourth-order valence-corrected chi connectivity index (χ4v) is 3.24. The van der Waals surface area contributed by atoms with E-state index in [1.165, 1.54) is 0 Å². The predicted molar refractivity (Wildman–Crippen MR) is 99.2 cm³/mol. The van der Waals surface area contributed by atoms with E-state index >= 15 is 0 Å². The molecule has 1 aliphatic rings. The zero-order valence-electron chi connectivity index (χ0n) is 15.3. The first-order valence-corrected chi connectivity index (χ1v) is 9.93. The molecule has 2 N–H and O–H groups in total. The number of hydrogen-bond acceptors (Lipinski definition) is 5. The summed E-state index contributed by atoms with van der Waals surface area (Å²) in [7, 11) is -1.48. The van der Waals surface area contributed by atoms with E-state index in [1.807, 2.05) is 18.2 Å². The Labute approximate surface area is 149 Å². The average Bonchev–Trinajstić information content (AvgIpc) is 2.99. The minimum Gasteiger partial charge on any atom is -0.454 e. The number of benzene rings is 1. The van der Waals surface area contributed by atoms with E-state index in [9.17, 15) is 8.42 Å². The van der Waals surface area contributed by atoms with E-state index in [1.54, 1.807) is 27.8 Å². The van der Waals surface area contributed by atoms with Crippen molar-refractivity contribution in [3.05, 3.63) is 23.8 Å². The van der Waals surface area contributed by atoms with Gasteiger partial charge in [0, 0.05) is 20.1 Å². The maximum Gasteiger partial charge on any atom is 0.231 e. The minimum atomic E-state index is -3.14. The molecule has 0 aromatic heterocycles. The molecule has 8 heteroatoms. The van der Waals surface area contributed by atoms with Crippen molar-refractivity contribution in [1.29, 1.82) is 0 Å². The van der Waals surface area contributed by atoms with Gasteiger partial charge in [-0.25, -0.2) is 8.42 Å². The molecule has 140 valence electrons. The van der Waals surface area contributed by atoms with Gasteiger partial charge in [0.1, 0.15) is 0 Å². The lowest BCUT2D eigenvalue weighted by atomic mass is 10.1. The lowest BCUT2D eigenvalue weighted by molar-refractivity contribution is 0.174. The molecule has 1 aromatic rings. The van der Waals surface area contributed by atoms with Gasteiger partial charge in [-0.2, -0.15) is 0 Å². The van der Waals surface area contributed by atoms with Gasteiger partial charge in [-0.3, -0.25) is 4.99 Å². The third-order valence-electron chi connectivity index (χ3n) is 3.96. The van der Waals surface area contributed by atoms with Gasteiger partial charge in [0.05, 0.1) is 10.5 Å². The second kappa shape index (κ2) is 7.95. The van der Waals surface area contributed by atoms with Crippen LogP contribution in [-0.4, -0.2) is 51.8 Å².